The van der Waals surface area contributed by atoms with Crippen LogP contribution in [-0.4, -0.2) is 119 Å². The molecular weight excluding hydrogens is 657 g/mol. The summed E-state index contributed by atoms with van der Waals surface area (Å²) in [6.07, 6.45) is 0.715. The van der Waals surface area contributed by atoms with Crippen LogP contribution >= 0.6 is 11.2 Å². The summed E-state index contributed by atoms with van der Waals surface area (Å²) < 4.78 is 5.96. The Hall–Kier alpha value is -3.35. The summed E-state index contributed by atoms with van der Waals surface area (Å²) >= 11 is 1.26. The molecule has 274 valence electrons. The summed E-state index contributed by atoms with van der Waals surface area (Å²) in [5, 5.41) is 40.1. The van der Waals surface area contributed by atoms with E-state index < -0.39 is 36.1 Å². The highest BCUT2D eigenvalue weighted by molar-refractivity contribution is 7.87. The van der Waals surface area contributed by atoms with E-state index in [1.807, 2.05) is 42.0 Å². The van der Waals surface area contributed by atoms with Gasteiger partial charge in [0.15, 0.2) is 0 Å². The number of aliphatic hydroxyl groups excluding tert-OH is 3. The number of nitrogens with zero attached hydrogens (tertiary/aromatic N) is 2. The minimum absolute atomic E-state index is 0.118. The lowest BCUT2D eigenvalue weighted by atomic mass is 9.89. The van der Waals surface area contributed by atoms with Gasteiger partial charge in [0.1, 0.15) is 36.1 Å². The van der Waals surface area contributed by atoms with Gasteiger partial charge in [-0.05, 0) is 87.7 Å². The highest BCUT2D eigenvalue weighted by Gasteiger charge is 2.43. The number of hydrogen-bond donors (Lipinski definition) is 5. The number of aryl methyl sites for hydroxylation is 2. The number of hydrogen-bond acceptors (Lipinski definition) is 8. The molecule has 0 radical (unpaired) electrons. The van der Waals surface area contributed by atoms with E-state index in [2.05, 4.69) is 40.1 Å². The second-order valence-corrected chi connectivity index (χ2v) is 14.7. The standard InChI is InChI=1S/C38H54N4O7S/c1-25-11-16-28(36-35(47)34(46)33(45)30(49-36)24-50-5)22-29(25)21-27-14-12-26(13-15-27)9-8-10-31(43)40-38(2,3)37(48)39-17-20-41(4)23-32(44)42-18-6-7-19-42/h11-16,22,30,33-36,45-47H,6-10,17-21,23H2,1-5H3,(H,39,48)(H,40,43)/t30?,33-,34+,35-,36+/m1/s1. The van der Waals surface area contributed by atoms with Gasteiger partial charge in [-0.3, -0.25) is 19.3 Å². The largest absolute Gasteiger partial charge is 0.387 e. The fourth-order valence-electron chi connectivity index (χ4n) is 6.35. The molecule has 2 fully saturated rings. The number of likely N-dealkylation sites (N-methyl/N-ethyl adjacent to an activating group) is 1. The average Bonchev–Trinajstić information content (AvgIpc) is 3.62. The van der Waals surface area contributed by atoms with Gasteiger partial charge in [0.25, 0.3) is 0 Å². The Kier molecular flexibility index (Phi) is 14.4. The van der Waals surface area contributed by atoms with Crippen molar-refractivity contribution in [1.29, 1.82) is 0 Å². The molecule has 11 nitrogen and oxygen atoms in total. The summed E-state index contributed by atoms with van der Waals surface area (Å²) in [6.45, 7) is 8.29. The lowest BCUT2D eigenvalue weighted by Crippen LogP contribution is -2.55. The first-order valence-corrected chi connectivity index (χ1v) is 18.7. The van der Waals surface area contributed by atoms with E-state index in [9.17, 15) is 29.7 Å². The molecule has 12 heteroatoms. The van der Waals surface area contributed by atoms with Gasteiger partial charge in [0.2, 0.25) is 17.7 Å². The number of benzene rings is 2. The van der Waals surface area contributed by atoms with Gasteiger partial charge in [-0.1, -0.05) is 47.6 Å². The molecule has 2 heterocycles. The van der Waals surface area contributed by atoms with Crippen LogP contribution < -0.4 is 10.6 Å². The van der Waals surface area contributed by atoms with E-state index in [1.165, 1.54) is 11.2 Å². The number of likely N-dealkylation sites (tertiary alicyclic amines) is 1. The molecule has 4 rings (SSSR count). The molecular formula is C38H54N4O7S. The summed E-state index contributed by atoms with van der Waals surface area (Å²) in [4.78, 5) is 41.6. The molecule has 0 saturated carbocycles. The number of carbonyl (C=O) groups excluding carboxylic acids is 3. The van der Waals surface area contributed by atoms with Crippen molar-refractivity contribution in [2.24, 2.45) is 0 Å². The zero-order valence-corrected chi connectivity index (χ0v) is 30.8. The fourth-order valence-corrected chi connectivity index (χ4v) is 6.78. The van der Waals surface area contributed by atoms with Crippen LogP contribution in [0.25, 0.3) is 0 Å². The molecule has 0 aromatic heterocycles. The van der Waals surface area contributed by atoms with Gasteiger partial charge in [-0.25, -0.2) is 0 Å². The molecule has 0 bridgehead atoms. The van der Waals surface area contributed by atoms with Crippen molar-refractivity contribution in [1.82, 2.24) is 20.4 Å². The molecule has 5 N–H and O–H groups in total. The van der Waals surface area contributed by atoms with E-state index >= 15 is 0 Å². The van der Waals surface area contributed by atoms with Crippen LogP contribution in [0.15, 0.2) is 42.5 Å². The van der Waals surface area contributed by atoms with Gasteiger partial charge in [-0.15, -0.1) is 11.2 Å². The topological polar surface area (TPSA) is 152 Å². The number of amides is 3. The van der Waals surface area contributed by atoms with Gasteiger partial charge in [0.05, 0.1) is 6.54 Å². The molecule has 2 aromatic carbocycles. The summed E-state index contributed by atoms with van der Waals surface area (Å²) in [5.41, 5.74) is 4.02. The highest BCUT2D eigenvalue weighted by Crippen LogP contribution is 2.33. The summed E-state index contributed by atoms with van der Waals surface area (Å²) in [6, 6.07) is 14.1. The van der Waals surface area contributed by atoms with Crippen LogP contribution in [0.1, 0.15) is 73.5 Å². The van der Waals surface area contributed by atoms with Crippen molar-refractivity contribution in [3.8, 4) is 5.18 Å². The second-order valence-electron chi connectivity index (χ2n) is 14.1. The van der Waals surface area contributed by atoms with Gasteiger partial charge in [-0.2, -0.15) is 0 Å². The molecule has 0 spiro atoms. The molecule has 2 aliphatic heterocycles. The molecule has 0 aliphatic carbocycles. The third kappa shape index (κ3) is 10.8. The number of nitrogens with one attached hydrogen (secondary N) is 2. The smallest absolute Gasteiger partial charge is 0.245 e. The van der Waals surface area contributed by atoms with Crippen molar-refractivity contribution in [3.63, 3.8) is 0 Å². The third-order valence-electron chi connectivity index (χ3n) is 9.50. The van der Waals surface area contributed by atoms with Crippen molar-refractivity contribution >= 4 is 28.9 Å². The lowest BCUT2D eigenvalue weighted by Gasteiger charge is -2.39. The van der Waals surface area contributed by atoms with Crippen LogP contribution in [0.5, 0.6) is 0 Å². The van der Waals surface area contributed by atoms with Gasteiger partial charge in [0, 0.05) is 38.9 Å². The molecule has 5 atom stereocenters. The normalized spacial score (nSPS) is 22.3. The molecule has 2 aliphatic rings. The Labute approximate surface area is 300 Å². The quantitative estimate of drug-likeness (QED) is 0.201. The average molecular weight is 711 g/mol. The Morgan fingerprint density at radius 3 is 2.38 bits per heavy atom. The molecule has 1 unspecified atom stereocenters. The van der Waals surface area contributed by atoms with Crippen molar-refractivity contribution < 1.29 is 34.4 Å². The van der Waals surface area contributed by atoms with Crippen LogP contribution in [0, 0.1) is 12.1 Å². The first kappa shape index (κ1) is 39.4. The van der Waals surface area contributed by atoms with Gasteiger partial charge < -0.3 is 35.6 Å². The number of aliphatic hydroxyl groups is 3. The van der Waals surface area contributed by atoms with Gasteiger partial charge >= 0.3 is 0 Å². The minimum Gasteiger partial charge on any atom is -0.387 e. The third-order valence-corrected chi connectivity index (χ3v) is 9.97. The van der Waals surface area contributed by atoms with E-state index in [0.29, 0.717) is 45.3 Å². The van der Waals surface area contributed by atoms with Crippen LogP contribution in [0.2, 0.25) is 0 Å². The van der Waals surface area contributed by atoms with Crippen molar-refractivity contribution in [2.75, 3.05) is 46.0 Å². The highest BCUT2D eigenvalue weighted by atomic mass is 32.1. The Bertz CT molecular complexity index is 1530. The van der Waals surface area contributed by atoms with Crippen molar-refractivity contribution in [2.45, 2.75) is 95.4 Å². The van der Waals surface area contributed by atoms with Crippen LogP contribution in [0.3, 0.4) is 0 Å². The molecule has 3 amide bonds. The molecule has 2 saturated heterocycles. The minimum atomic E-state index is -1.35. The maximum atomic E-state index is 12.8. The lowest BCUT2D eigenvalue weighted by molar-refractivity contribution is -0.209. The van der Waals surface area contributed by atoms with E-state index in [4.69, 9.17) is 4.74 Å². The Morgan fingerprint density at radius 1 is 1.02 bits per heavy atom. The van der Waals surface area contributed by atoms with E-state index in [1.54, 1.807) is 20.1 Å². The number of rotatable bonds is 14. The Morgan fingerprint density at radius 2 is 1.70 bits per heavy atom. The van der Waals surface area contributed by atoms with E-state index in [-0.39, 0.29) is 17.7 Å². The predicted molar refractivity (Wildman–Crippen MR) is 195 cm³/mol. The first-order chi connectivity index (χ1) is 23.8. The van der Waals surface area contributed by atoms with Crippen molar-refractivity contribution in [3.05, 3.63) is 70.3 Å². The SMILES string of the molecule is CS#CC1O[C@@H](c2ccc(C)c(Cc3ccc(CCCC(=O)NC(C)(C)C(=O)NCCN(C)CC(=O)N4CCCC4)cc3)c2)[C@H](O)[C@@H](O)[C@@H]1O. The number of carbonyl (C=O) groups is 3. The Balaban J connectivity index is 1.21. The molecule has 2 aromatic rings. The van der Waals surface area contributed by atoms with Crippen LogP contribution in [-0.2, 0) is 32.0 Å². The maximum Gasteiger partial charge on any atom is 0.245 e. The molecule has 50 heavy (non-hydrogen) atoms. The maximum absolute atomic E-state index is 12.8. The number of ether oxygens (including phenoxy) is 1. The zero-order valence-electron chi connectivity index (χ0n) is 30.0. The summed E-state index contributed by atoms with van der Waals surface area (Å²) in [5.74, 6) is -0.333. The predicted octanol–water partition coefficient (Wildman–Crippen LogP) is 2.32. The first-order valence-electron chi connectivity index (χ1n) is 17.5. The fraction of sp³-hybridized carbons (Fsp3) is 0.579. The second kappa shape index (κ2) is 18.2. The zero-order chi connectivity index (χ0) is 36.4. The monoisotopic (exact) mass is 710 g/mol. The summed E-state index contributed by atoms with van der Waals surface area (Å²) in [7, 11) is 1.86. The van der Waals surface area contributed by atoms with E-state index in [0.717, 1.165) is 53.7 Å². The van der Waals surface area contributed by atoms with Crippen LogP contribution in [0.4, 0.5) is 0 Å².